The van der Waals surface area contributed by atoms with Gasteiger partial charge in [-0.05, 0) is 55.5 Å². The molecule has 104 valence electrons. The Hall–Kier alpha value is -1.84. The number of amides is 1. The summed E-state index contributed by atoms with van der Waals surface area (Å²) in [4.78, 5) is 22.0. The maximum absolute atomic E-state index is 11.2. The van der Waals surface area contributed by atoms with Crippen molar-refractivity contribution < 1.29 is 14.3 Å². The minimum atomic E-state index is -0.527. The number of ketones is 1. The van der Waals surface area contributed by atoms with Crippen LogP contribution < -0.4 is 10.1 Å². The molecular weight excluding hydrogens is 242 g/mol. The number of methoxy groups -OCH3 is 1. The number of hydrogen-bond acceptors (Lipinski definition) is 3. The zero-order chi connectivity index (χ0) is 14.6. The molecule has 0 radical (unpaired) electrons. The van der Waals surface area contributed by atoms with Gasteiger partial charge >= 0.3 is 0 Å². The third kappa shape index (κ3) is 3.56. The highest BCUT2D eigenvalue weighted by molar-refractivity contribution is 6.35. The normalized spacial score (nSPS) is 10.2. The fourth-order valence-electron chi connectivity index (χ4n) is 2.12. The van der Waals surface area contributed by atoms with E-state index in [2.05, 4.69) is 5.32 Å². The molecule has 0 saturated carbocycles. The summed E-state index contributed by atoms with van der Waals surface area (Å²) < 4.78 is 5.32. The van der Waals surface area contributed by atoms with Crippen LogP contribution in [0.4, 0.5) is 0 Å². The molecule has 1 rings (SSSR count). The Morgan fingerprint density at radius 3 is 2.37 bits per heavy atom. The van der Waals surface area contributed by atoms with E-state index in [0.717, 1.165) is 16.9 Å². The first-order valence-electron chi connectivity index (χ1n) is 6.31. The smallest absolute Gasteiger partial charge is 0.287 e. The van der Waals surface area contributed by atoms with E-state index in [1.54, 1.807) is 7.11 Å². The van der Waals surface area contributed by atoms with E-state index < -0.39 is 11.7 Å². The van der Waals surface area contributed by atoms with E-state index in [0.29, 0.717) is 13.0 Å². The Morgan fingerprint density at radius 2 is 1.84 bits per heavy atom. The fourth-order valence-corrected chi connectivity index (χ4v) is 2.12. The third-order valence-corrected chi connectivity index (χ3v) is 3.41. The molecule has 0 aliphatic carbocycles. The van der Waals surface area contributed by atoms with Crippen LogP contribution in [0.25, 0.3) is 0 Å². The Kier molecular flexibility index (Phi) is 5.10. The van der Waals surface area contributed by atoms with Crippen molar-refractivity contribution in [2.45, 2.75) is 34.1 Å². The summed E-state index contributed by atoms with van der Waals surface area (Å²) in [5.41, 5.74) is 4.62. The second-order valence-corrected chi connectivity index (χ2v) is 4.69. The van der Waals surface area contributed by atoms with Crippen molar-refractivity contribution >= 4 is 11.7 Å². The second-order valence-electron chi connectivity index (χ2n) is 4.69. The molecule has 1 amide bonds. The van der Waals surface area contributed by atoms with Gasteiger partial charge in [0.2, 0.25) is 5.78 Å². The molecule has 4 heteroatoms. The van der Waals surface area contributed by atoms with Crippen LogP contribution in [-0.2, 0) is 16.0 Å². The van der Waals surface area contributed by atoms with E-state index in [4.69, 9.17) is 4.74 Å². The van der Waals surface area contributed by atoms with Gasteiger partial charge in [0.05, 0.1) is 7.11 Å². The lowest BCUT2D eigenvalue weighted by atomic mass is 9.95. The second kappa shape index (κ2) is 6.36. The molecule has 0 aliphatic heterocycles. The molecule has 0 saturated heterocycles. The van der Waals surface area contributed by atoms with Crippen molar-refractivity contribution in [3.8, 4) is 5.75 Å². The predicted octanol–water partition coefficient (Wildman–Crippen LogP) is 1.87. The fraction of sp³-hybridized carbons (Fsp3) is 0.467. The minimum Gasteiger partial charge on any atom is -0.496 e. The summed E-state index contributed by atoms with van der Waals surface area (Å²) in [6.07, 6.45) is 0.710. The van der Waals surface area contributed by atoms with Gasteiger partial charge < -0.3 is 10.1 Å². The number of nitrogens with one attached hydrogen (secondary N) is 1. The van der Waals surface area contributed by atoms with Crippen LogP contribution in [0.15, 0.2) is 6.07 Å². The lowest BCUT2D eigenvalue weighted by Gasteiger charge is -2.16. The molecule has 1 N–H and O–H groups in total. The number of aryl methyl sites for hydroxylation is 1. The van der Waals surface area contributed by atoms with Crippen molar-refractivity contribution in [3.63, 3.8) is 0 Å². The average Bonchev–Trinajstić information content (AvgIpc) is 2.37. The summed E-state index contributed by atoms with van der Waals surface area (Å²) in [6, 6.07) is 2.00. The molecule has 0 atom stereocenters. The number of Topliss-reactive ketones (excluding diaryl/α,β-unsaturated/α-hetero) is 1. The molecule has 0 aromatic heterocycles. The number of carbonyl (C=O) groups is 2. The van der Waals surface area contributed by atoms with E-state index in [1.807, 2.05) is 26.8 Å². The van der Waals surface area contributed by atoms with Gasteiger partial charge in [-0.2, -0.15) is 0 Å². The van der Waals surface area contributed by atoms with Crippen LogP contribution in [0.5, 0.6) is 5.75 Å². The summed E-state index contributed by atoms with van der Waals surface area (Å²) >= 11 is 0. The maximum Gasteiger partial charge on any atom is 0.287 e. The summed E-state index contributed by atoms with van der Waals surface area (Å²) in [5, 5.41) is 2.61. The highest BCUT2D eigenvalue weighted by Gasteiger charge is 2.11. The third-order valence-electron chi connectivity index (χ3n) is 3.41. The van der Waals surface area contributed by atoms with Gasteiger partial charge in [-0.3, -0.25) is 9.59 Å². The topological polar surface area (TPSA) is 55.4 Å². The van der Waals surface area contributed by atoms with Crippen molar-refractivity contribution in [2.75, 3.05) is 13.7 Å². The molecule has 1 aromatic rings. The van der Waals surface area contributed by atoms with Crippen LogP contribution in [-0.4, -0.2) is 25.3 Å². The van der Waals surface area contributed by atoms with Crippen molar-refractivity contribution in [2.24, 2.45) is 0 Å². The van der Waals surface area contributed by atoms with Crippen molar-refractivity contribution in [1.82, 2.24) is 5.32 Å². The minimum absolute atomic E-state index is 0.459. The predicted molar refractivity (Wildman–Crippen MR) is 74.6 cm³/mol. The molecule has 0 heterocycles. The largest absolute Gasteiger partial charge is 0.496 e. The first kappa shape index (κ1) is 15.2. The number of hydrogen-bond donors (Lipinski definition) is 1. The number of benzene rings is 1. The summed E-state index contributed by atoms with van der Waals surface area (Å²) in [7, 11) is 1.66. The van der Waals surface area contributed by atoms with Crippen LogP contribution in [0.1, 0.15) is 29.2 Å². The standard InChI is InChI=1S/C15H21NO3/c1-9-8-14(19-5)11(3)10(2)13(9)6-7-16-15(18)12(4)17/h8H,6-7H2,1-5H3,(H,16,18). The SMILES string of the molecule is COc1cc(C)c(CCNC(=O)C(C)=O)c(C)c1C. The van der Waals surface area contributed by atoms with E-state index in [-0.39, 0.29) is 0 Å². The molecule has 1 aromatic carbocycles. The first-order valence-corrected chi connectivity index (χ1v) is 6.31. The van der Waals surface area contributed by atoms with Crippen molar-refractivity contribution in [3.05, 3.63) is 28.3 Å². The van der Waals surface area contributed by atoms with E-state index in [1.165, 1.54) is 18.1 Å². The van der Waals surface area contributed by atoms with Crippen molar-refractivity contribution in [1.29, 1.82) is 0 Å². The van der Waals surface area contributed by atoms with Gasteiger partial charge in [0, 0.05) is 13.5 Å². The van der Waals surface area contributed by atoms with Gasteiger partial charge in [0.25, 0.3) is 5.91 Å². The lowest BCUT2D eigenvalue weighted by Crippen LogP contribution is -2.31. The van der Waals surface area contributed by atoms with Gasteiger partial charge in [-0.1, -0.05) is 0 Å². The number of ether oxygens (including phenoxy) is 1. The zero-order valence-corrected chi connectivity index (χ0v) is 12.2. The van der Waals surface area contributed by atoms with E-state index >= 15 is 0 Å². The van der Waals surface area contributed by atoms with Gasteiger partial charge in [-0.15, -0.1) is 0 Å². The Balaban J connectivity index is 2.82. The number of rotatable bonds is 5. The molecule has 0 bridgehead atoms. The maximum atomic E-state index is 11.2. The molecule has 0 spiro atoms. The molecular formula is C15H21NO3. The average molecular weight is 263 g/mol. The molecule has 0 unspecified atom stereocenters. The van der Waals surface area contributed by atoms with Crippen LogP contribution in [0.2, 0.25) is 0 Å². The summed E-state index contributed by atoms with van der Waals surface area (Å²) in [5.74, 6) is -0.105. The molecule has 19 heavy (non-hydrogen) atoms. The highest BCUT2D eigenvalue weighted by atomic mass is 16.5. The molecule has 4 nitrogen and oxygen atoms in total. The Morgan fingerprint density at radius 1 is 1.21 bits per heavy atom. The summed E-state index contributed by atoms with van der Waals surface area (Å²) in [6.45, 7) is 7.82. The molecule has 0 fully saturated rings. The Labute approximate surface area is 114 Å². The lowest BCUT2D eigenvalue weighted by molar-refractivity contribution is -0.136. The first-order chi connectivity index (χ1) is 8.88. The van der Waals surface area contributed by atoms with Gasteiger partial charge in [0.1, 0.15) is 5.75 Å². The van der Waals surface area contributed by atoms with Gasteiger partial charge in [0.15, 0.2) is 0 Å². The number of carbonyl (C=O) groups excluding carboxylic acids is 2. The van der Waals surface area contributed by atoms with Crippen LogP contribution in [0.3, 0.4) is 0 Å². The van der Waals surface area contributed by atoms with Crippen LogP contribution >= 0.6 is 0 Å². The van der Waals surface area contributed by atoms with Crippen LogP contribution in [0, 0.1) is 20.8 Å². The quantitative estimate of drug-likeness (QED) is 0.825. The zero-order valence-electron chi connectivity index (χ0n) is 12.2. The highest BCUT2D eigenvalue weighted by Crippen LogP contribution is 2.27. The van der Waals surface area contributed by atoms with Gasteiger partial charge in [-0.25, -0.2) is 0 Å². The van der Waals surface area contributed by atoms with E-state index in [9.17, 15) is 9.59 Å². The molecule has 0 aliphatic rings. The monoisotopic (exact) mass is 263 g/mol. The Bertz CT molecular complexity index is 507.